The fraction of sp³-hybridized carbons (Fsp3) is 0.366. The quantitative estimate of drug-likeness (QED) is 0.0869. The Bertz CT molecular complexity index is 1610. The van der Waals surface area contributed by atoms with Crippen molar-refractivity contribution in [3.05, 3.63) is 106 Å². The van der Waals surface area contributed by atoms with Gasteiger partial charge in [-0.15, -0.1) is 12.8 Å². The van der Waals surface area contributed by atoms with Gasteiger partial charge in [0.05, 0.1) is 12.1 Å². The van der Waals surface area contributed by atoms with Crippen LogP contribution in [0.2, 0.25) is 0 Å². The first-order valence-electron chi connectivity index (χ1n) is 17.2. The van der Waals surface area contributed by atoms with Gasteiger partial charge in [-0.25, -0.2) is 9.59 Å². The van der Waals surface area contributed by atoms with E-state index in [9.17, 15) is 28.8 Å². The Morgan fingerprint density at radius 1 is 0.815 bits per heavy atom. The summed E-state index contributed by atoms with van der Waals surface area (Å²) in [6, 6.07) is 22.5. The largest absolute Gasteiger partial charge is 0.454 e. The summed E-state index contributed by atoms with van der Waals surface area (Å²) in [6.45, 7) is 11.9. The highest BCUT2D eigenvalue weighted by Gasteiger charge is 2.23. The van der Waals surface area contributed by atoms with Gasteiger partial charge in [0.2, 0.25) is 18.2 Å². The van der Waals surface area contributed by atoms with Gasteiger partial charge in [0.1, 0.15) is 12.6 Å². The molecule has 0 heterocycles. The second-order valence-corrected chi connectivity index (χ2v) is 12.3. The fourth-order valence-corrected chi connectivity index (χ4v) is 4.80. The number of Topliss-reactive ketones (excluding diaryl/α,β-unsaturated/α-hetero) is 1. The number of terminal acetylenes is 1. The summed E-state index contributed by atoms with van der Waals surface area (Å²) in [7, 11) is 0. The van der Waals surface area contributed by atoms with Gasteiger partial charge in [0, 0.05) is 25.6 Å². The number of alkyl carbamates (subject to hydrolysis) is 1. The summed E-state index contributed by atoms with van der Waals surface area (Å²) in [5.74, 6) is -2.24. The lowest BCUT2D eigenvalue weighted by Gasteiger charge is -2.18. The van der Waals surface area contributed by atoms with Crippen LogP contribution in [-0.4, -0.2) is 73.9 Å². The molecule has 0 saturated heterocycles. The maximum atomic E-state index is 12.4. The number of nitrogens with two attached hydrogens (primary N) is 1. The van der Waals surface area contributed by atoms with E-state index in [-0.39, 0.29) is 37.7 Å². The van der Waals surface area contributed by atoms with Crippen molar-refractivity contribution in [1.29, 1.82) is 0 Å². The average Bonchev–Trinajstić information content (AvgIpc) is 3.12. The minimum Gasteiger partial charge on any atom is -0.454 e. The van der Waals surface area contributed by atoms with E-state index in [1.165, 1.54) is 12.5 Å². The Kier molecular flexibility index (Phi) is 24.6. The van der Waals surface area contributed by atoms with Crippen LogP contribution in [0.3, 0.4) is 0 Å². The molecule has 4 amide bonds. The number of rotatable bonds is 15. The number of carbonyl (C=O) groups excluding carboxylic acids is 6. The number of amides is 4. The number of benzene rings is 3. The third kappa shape index (κ3) is 22.0. The van der Waals surface area contributed by atoms with E-state index in [4.69, 9.17) is 15.2 Å². The molecule has 0 aromatic heterocycles. The van der Waals surface area contributed by atoms with Gasteiger partial charge >= 0.3 is 12.1 Å². The second-order valence-electron chi connectivity index (χ2n) is 12.3. The Labute approximate surface area is 319 Å². The molecule has 3 unspecified atom stereocenters. The van der Waals surface area contributed by atoms with Crippen LogP contribution >= 0.6 is 0 Å². The highest BCUT2D eigenvalue weighted by Crippen LogP contribution is 2.17. The molecule has 0 fully saturated rings. The minimum absolute atomic E-state index is 0.0262. The molecular weight excluding hydrogens is 690 g/mol. The molecule has 3 atom stereocenters. The molecular formula is C41H55N5O8. The zero-order chi connectivity index (χ0) is 41.1. The van der Waals surface area contributed by atoms with Crippen molar-refractivity contribution in [2.45, 2.75) is 79.6 Å². The summed E-state index contributed by atoms with van der Waals surface area (Å²) in [4.78, 5) is 69.3. The minimum atomic E-state index is -1.10. The zero-order valence-electron chi connectivity index (χ0n) is 32.3. The summed E-state index contributed by atoms with van der Waals surface area (Å²) in [5.41, 5.74) is 10.8. The SMILES string of the molecule is C#C.CC(=O)NCC(NC(=O)CNC=O)C(=O)COC(=O)c1c(C)cc(C)cc1C.CC(N)CC(C)NC(=O)OCc1ccccc1.Cc1ccccc1. The second kappa shape index (κ2) is 27.6. The number of esters is 1. The van der Waals surface area contributed by atoms with E-state index in [2.05, 4.69) is 53.2 Å². The average molecular weight is 746 g/mol. The number of carbonyl (C=O) groups is 6. The van der Waals surface area contributed by atoms with Gasteiger partial charge in [0.25, 0.3) is 0 Å². The monoisotopic (exact) mass is 745 g/mol. The van der Waals surface area contributed by atoms with Crippen LogP contribution < -0.4 is 27.0 Å². The summed E-state index contributed by atoms with van der Waals surface area (Å²) >= 11 is 0. The normalized spacial score (nSPS) is 11.3. The van der Waals surface area contributed by atoms with Gasteiger partial charge in [-0.2, -0.15) is 0 Å². The van der Waals surface area contributed by atoms with Gasteiger partial charge in [-0.3, -0.25) is 19.2 Å². The fourth-order valence-electron chi connectivity index (χ4n) is 4.80. The van der Waals surface area contributed by atoms with Crippen molar-refractivity contribution < 1.29 is 38.2 Å². The first-order valence-corrected chi connectivity index (χ1v) is 17.2. The van der Waals surface area contributed by atoms with Gasteiger partial charge in [-0.05, 0) is 64.7 Å². The van der Waals surface area contributed by atoms with Crippen LogP contribution in [0.25, 0.3) is 0 Å². The molecule has 0 aliphatic heterocycles. The van der Waals surface area contributed by atoms with Crippen LogP contribution in [0.15, 0.2) is 72.8 Å². The van der Waals surface area contributed by atoms with Crippen molar-refractivity contribution in [2.75, 3.05) is 19.7 Å². The van der Waals surface area contributed by atoms with Gasteiger partial charge in [0.15, 0.2) is 12.4 Å². The van der Waals surface area contributed by atoms with Gasteiger partial charge in [-0.1, -0.05) is 83.9 Å². The maximum absolute atomic E-state index is 12.4. The number of nitrogens with one attached hydrogen (secondary N) is 4. The molecule has 0 aliphatic carbocycles. The van der Waals surface area contributed by atoms with E-state index < -0.39 is 36.4 Å². The summed E-state index contributed by atoms with van der Waals surface area (Å²) in [5, 5.41) is 9.72. The Balaban J connectivity index is 0.000000903. The van der Waals surface area contributed by atoms with Crippen LogP contribution in [0.1, 0.15) is 65.4 Å². The molecule has 13 heteroatoms. The van der Waals surface area contributed by atoms with Crippen LogP contribution in [0, 0.1) is 40.5 Å². The molecule has 0 spiro atoms. The molecule has 54 heavy (non-hydrogen) atoms. The Morgan fingerprint density at radius 3 is 1.85 bits per heavy atom. The van der Waals surface area contributed by atoms with E-state index in [0.29, 0.717) is 12.0 Å². The number of hydrogen-bond acceptors (Lipinski definition) is 9. The van der Waals surface area contributed by atoms with Gasteiger partial charge < -0.3 is 36.5 Å². The van der Waals surface area contributed by atoms with Crippen molar-refractivity contribution in [2.24, 2.45) is 5.73 Å². The predicted molar refractivity (Wildman–Crippen MR) is 209 cm³/mol. The Hall–Kier alpha value is -6.00. The zero-order valence-corrected chi connectivity index (χ0v) is 32.3. The molecule has 3 aromatic rings. The Morgan fingerprint density at radius 2 is 1.37 bits per heavy atom. The highest BCUT2D eigenvalue weighted by atomic mass is 16.5. The smallest absolute Gasteiger partial charge is 0.407 e. The van der Waals surface area contributed by atoms with Crippen LogP contribution in [0.4, 0.5) is 4.79 Å². The molecule has 0 bridgehead atoms. The molecule has 0 saturated carbocycles. The first kappa shape index (κ1) is 48.0. The topological polar surface area (TPSA) is 195 Å². The molecule has 3 aromatic carbocycles. The van der Waals surface area contributed by atoms with Crippen LogP contribution in [-0.2, 0) is 35.3 Å². The standard InChI is InChI=1S/C19H25N3O6.C13H20N2O2.C7H8.C2H2/c1-11-5-12(2)18(13(3)6-11)19(27)28-9-16(25)15(7-21-14(4)24)22-17(26)8-20-10-23;1-10(14)8-11(2)15-13(16)17-9-12-6-4-3-5-7-12;1-7-5-3-2-4-6-7;1-2/h5-6,10,15H,7-9H2,1-4H3,(H,20,23)(H,21,24)(H,22,26);3-7,10-11H,8-9,14H2,1-2H3,(H,15,16);2-6H,1H3;1-2H. The molecule has 13 nitrogen and oxygen atoms in total. The number of hydrogen-bond donors (Lipinski definition) is 5. The van der Waals surface area contributed by atoms with Crippen molar-refractivity contribution in [3.63, 3.8) is 0 Å². The van der Waals surface area contributed by atoms with Crippen molar-refractivity contribution in [1.82, 2.24) is 21.3 Å². The molecule has 6 N–H and O–H groups in total. The summed E-state index contributed by atoms with van der Waals surface area (Å²) < 4.78 is 10.2. The highest BCUT2D eigenvalue weighted by molar-refractivity contribution is 5.96. The predicted octanol–water partition coefficient (Wildman–Crippen LogP) is 3.99. The van der Waals surface area contributed by atoms with Crippen molar-refractivity contribution >= 4 is 36.1 Å². The third-order valence-corrected chi connectivity index (χ3v) is 7.09. The molecule has 3 rings (SSSR count). The first-order chi connectivity index (χ1) is 25.6. The number of ketones is 1. The lowest BCUT2D eigenvalue weighted by atomic mass is 10.00. The van der Waals surface area contributed by atoms with Crippen LogP contribution in [0.5, 0.6) is 0 Å². The number of aryl methyl sites for hydroxylation is 4. The lowest BCUT2D eigenvalue weighted by Crippen LogP contribution is -2.51. The van der Waals surface area contributed by atoms with Crippen molar-refractivity contribution in [3.8, 4) is 12.8 Å². The lowest BCUT2D eigenvalue weighted by molar-refractivity contribution is -0.129. The van der Waals surface area contributed by atoms with E-state index in [0.717, 1.165) is 28.7 Å². The van der Waals surface area contributed by atoms with E-state index in [1.807, 2.05) is 81.4 Å². The summed E-state index contributed by atoms with van der Waals surface area (Å²) in [6.07, 6.45) is 8.68. The third-order valence-electron chi connectivity index (χ3n) is 7.09. The van der Waals surface area contributed by atoms with E-state index in [1.54, 1.807) is 13.8 Å². The molecule has 292 valence electrons. The number of ether oxygens (including phenoxy) is 2. The van der Waals surface area contributed by atoms with E-state index >= 15 is 0 Å². The molecule has 0 radical (unpaired) electrons. The molecule has 0 aliphatic rings. The maximum Gasteiger partial charge on any atom is 0.407 e.